The molecule has 0 amide bonds. The van der Waals surface area contributed by atoms with E-state index in [1.165, 1.54) is 0 Å². The highest BCUT2D eigenvalue weighted by molar-refractivity contribution is 5.91. The second-order valence-electron chi connectivity index (χ2n) is 6.24. The minimum absolute atomic E-state index is 0.0341. The number of rotatable bonds is 3. The molecule has 2 aromatic rings. The van der Waals surface area contributed by atoms with Crippen LogP contribution >= 0.6 is 0 Å². The summed E-state index contributed by atoms with van der Waals surface area (Å²) in [6, 6.07) is 9.37. The van der Waals surface area contributed by atoms with E-state index >= 15 is 0 Å². The van der Waals surface area contributed by atoms with Gasteiger partial charge in [-0.05, 0) is 24.5 Å². The molecule has 0 unspecified atom stereocenters. The average molecular weight is 338 g/mol. The standard InChI is InChI=1S/C18H18N4O3/c23-16-14-12(11-6-2-1-3-7-11)10-13(17(24)25)19-15(14)20-18(21-16)22-8-4-5-9-22/h1-3,6-7,10,12H,4-5,8-9H2,(H,24,25)(H2,19,20,21,23)/t12-/m1/s1. The van der Waals surface area contributed by atoms with Crippen molar-refractivity contribution in [1.82, 2.24) is 9.97 Å². The lowest BCUT2D eigenvalue weighted by molar-refractivity contribution is -0.132. The molecular weight excluding hydrogens is 320 g/mol. The number of H-pyrrole nitrogens is 1. The number of carbonyl (C=O) groups is 1. The van der Waals surface area contributed by atoms with Gasteiger partial charge in [-0.3, -0.25) is 9.78 Å². The Morgan fingerprint density at radius 1 is 1.20 bits per heavy atom. The van der Waals surface area contributed by atoms with E-state index in [2.05, 4.69) is 15.3 Å². The van der Waals surface area contributed by atoms with E-state index in [9.17, 15) is 14.7 Å². The van der Waals surface area contributed by atoms with Crippen molar-refractivity contribution in [3.05, 3.63) is 63.6 Å². The number of aromatic amines is 1. The van der Waals surface area contributed by atoms with Crippen LogP contribution in [0.2, 0.25) is 0 Å². The van der Waals surface area contributed by atoms with Gasteiger partial charge in [0.05, 0.1) is 5.56 Å². The third kappa shape index (κ3) is 2.77. The molecule has 0 radical (unpaired) electrons. The van der Waals surface area contributed by atoms with Crippen molar-refractivity contribution in [2.24, 2.45) is 0 Å². The van der Waals surface area contributed by atoms with E-state index in [0.717, 1.165) is 31.5 Å². The summed E-state index contributed by atoms with van der Waals surface area (Å²) >= 11 is 0. The number of allylic oxidation sites excluding steroid dienone is 1. The molecule has 7 heteroatoms. The van der Waals surface area contributed by atoms with E-state index in [0.29, 0.717) is 17.3 Å². The van der Waals surface area contributed by atoms with Crippen LogP contribution in [0.4, 0.5) is 11.8 Å². The van der Waals surface area contributed by atoms with Crippen molar-refractivity contribution < 1.29 is 9.90 Å². The Morgan fingerprint density at radius 3 is 2.60 bits per heavy atom. The maximum Gasteiger partial charge on any atom is 0.352 e. The topological polar surface area (TPSA) is 98.3 Å². The number of aliphatic carboxylic acids is 1. The van der Waals surface area contributed by atoms with Gasteiger partial charge in [0.2, 0.25) is 5.95 Å². The molecule has 0 spiro atoms. The molecule has 1 aromatic carbocycles. The zero-order chi connectivity index (χ0) is 17.4. The molecule has 1 fully saturated rings. The van der Waals surface area contributed by atoms with Gasteiger partial charge in [-0.2, -0.15) is 4.98 Å². The molecule has 0 saturated carbocycles. The number of aromatic nitrogens is 2. The number of benzene rings is 1. The lowest BCUT2D eigenvalue weighted by Crippen LogP contribution is -2.30. The number of anilines is 2. The maximum absolute atomic E-state index is 12.8. The van der Waals surface area contributed by atoms with Gasteiger partial charge in [0.15, 0.2) is 0 Å². The predicted molar refractivity (Wildman–Crippen MR) is 93.9 cm³/mol. The van der Waals surface area contributed by atoms with Gasteiger partial charge in [0, 0.05) is 19.0 Å². The minimum Gasteiger partial charge on any atom is -0.477 e. The number of hydrogen-bond donors (Lipinski definition) is 3. The summed E-state index contributed by atoms with van der Waals surface area (Å²) in [4.78, 5) is 33.7. The van der Waals surface area contributed by atoms with Crippen LogP contribution in [-0.2, 0) is 4.79 Å². The molecule has 128 valence electrons. The quantitative estimate of drug-likeness (QED) is 0.791. The van der Waals surface area contributed by atoms with Gasteiger partial charge < -0.3 is 15.3 Å². The first-order chi connectivity index (χ1) is 12.1. The molecule has 3 N–H and O–H groups in total. The Labute approximate surface area is 144 Å². The van der Waals surface area contributed by atoms with Crippen molar-refractivity contribution in [3.8, 4) is 0 Å². The third-order valence-corrected chi connectivity index (χ3v) is 4.63. The van der Waals surface area contributed by atoms with Crippen molar-refractivity contribution in [1.29, 1.82) is 0 Å². The van der Waals surface area contributed by atoms with Gasteiger partial charge in [-0.1, -0.05) is 30.3 Å². The molecule has 0 bridgehead atoms. The molecule has 0 aliphatic carbocycles. The summed E-state index contributed by atoms with van der Waals surface area (Å²) in [5.41, 5.74) is 1.09. The Kier molecular flexibility index (Phi) is 3.76. The Bertz CT molecular complexity index is 898. The van der Waals surface area contributed by atoms with Gasteiger partial charge >= 0.3 is 5.97 Å². The van der Waals surface area contributed by atoms with Gasteiger partial charge in [0.25, 0.3) is 5.56 Å². The summed E-state index contributed by atoms with van der Waals surface area (Å²) in [7, 11) is 0. The first kappa shape index (κ1) is 15.4. The fourth-order valence-corrected chi connectivity index (χ4v) is 3.40. The number of nitrogens with zero attached hydrogens (tertiary/aromatic N) is 2. The second-order valence-corrected chi connectivity index (χ2v) is 6.24. The highest BCUT2D eigenvalue weighted by atomic mass is 16.4. The molecule has 1 aromatic heterocycles. The van der Waals surface area contributed by atoms with Crippen LogP contribution in [0, 0.1) is 0 Å². The van der Waals surface area contributed by atoms with E-state index in [1.54, 1.807) is 6.08 Å². The molecular formula is C18H18N4O3. The number of hydrogen-bond acceptors (Lipinski definition) is 5. The van der Waals surface area contributed by atoms with E-state index in [-0.39, 0.29) is 11.3 Å². The SMILES string of the molecule is O=C(O)C1=C[C@H](c2ccccc2)c2c(nc(N3CCCC3)[nH]c2=O)N1. The average Bonchev–Trinajstić information content (AvgIpc) is 3.16. The summed E-state index contributed by atoms with van der Waals surface area (Å²) in [5.74, 6) is -0.713. The highest BCUT2D eigenvalue weighted by Gasteiger charge is 2.29. The van der Waals surface area contributed by atoms with Crippen LogP contribution in [0.1, 0.15) is 29.9 Å². The first-order valence-corrected chi connectivity index (χ1v) is 8.30. The van der Waals surface area contributed by atoms with E-state index in [4.69, 9.17) is 0 Å². The molecule has 4 rings (SSSR count). The largest absolute Gasteiger partial charge is 0.477 e. The van der Waals surface area contributed by atoms with Crippen molar-refractivity contribution in [2.45, 2.75) is 18.8 Å². The zero-order valence-electron chi connectivity index (χ0n) is 13.5. The van der Waals surface area contributed by atoms with Crippen LogP contribution in [0.15, 0.2) is 46.9 Å². The first-order valence-electron chi connectivity index (χ1n) is 8.30. The molecule has 25 heavy (non-hydrogen) atoms. The Morgan fingerprint density at radius 2 is 1.92 bits per heavy atom. The summed E-state index contributed by atoms with van der Waals surface area (Å²) in [6.45, 7) is 1.68. The van der Waals surface area contributed by atoms with Crippen LogP contribution in [0.25, 0.3) is 0 Å². The Hall–Kier alpha value is -3.09. The normalized spacial score (nSPS) is 19.1. The maximum atomic E-state index is 12.8. The smallest absolute Gasteiger partial charge is 0.352 e. The molecule has 1 atom stereocenters. The van der Waals surface area contributed by atoms with Crippen LogP contribution in [0.3, 0.4) is 0 Å². The van der Waals surface area contributed by atoms with Crippen LogP contribution in [0.5, 0.6) is 0 Å². The monoisotopic (exact) mass is 338 g/mol. The number of nitrogens with one attached hydrogen (secondary N) is 2. The number of carboxylic acids is 1. The third-order valence-electron chi connectivity index (χ3n) is 4.63. The van der Waals surface area contributed by atoms with E-state index in [1.807, 2.05) is 35.2 Å². The van der Waals surface area contributed by atoms with Crippen molar-refractivity contribution in [3.63, 3.8) is 0 Å². The van der Waals surface area contributed by atoms with Gasteiger partial charge in [0.1, 0.15) is 11.5 Å². The number of carboxylic acid groups (broad SMARTS) is 1. The van der Waals surface area contributed by atoms with Gasteiger partial charge in [-0.15, -0.1) is 0 Å². The van der Waals surface area contributed by atoms with Crippen LogP contribution < -0.4 is 15.8 Å². The summed E-state index contributed by atoms with van der Waals surface area (Å²) in [6.07, 6.45) is 3.68. The second kappa shape index (κ2) is 6.08. The minimum atomic E-state index is -1.07. The molecule has 3 heterocycles. The van der Waals surface area contributed by atoms with E-state index < -0.39 is 11.9 Å². The van der Waals surface area contributed by atoms with Gasteiger partial charge in [-0.25, -0.2) is 4.79 Å². The predicted octanol–water partition coefficient (Wildman–Crippen LogP) is 1.90. The summed E-state index contributed by atoms with van der Waals surface area (Å²) < 4.78 is 0. The molecule has 1 saturated heterocycles. The number of fused-ring (bicyclic) bond motifs is 1. The summed E-state index contributed by atoms with van der Waals surface area (Å²) in [5, 5.41) is 12.2. The lowest BCUT2D eigenvalue weighted by atomic mass is 9.89. The molecule has 2 aliphatic heterocycles. The molecule has 2 aliphatic rings. The highest BCUT2D eigenvalue weighted by Crippen LogP contribution is 2.34. The van der Waals surface area contributed by atoms with Crippen molar-refractivity contribution >= 4 is 17.7 Å². The fraction of sp³-hybridized carbons (Fsp3) is 0.278. The van der Waals surface area contributed by atoms with Crippen LogP contribution in [-0.4, -0.2) is 34.1 Å². The Balaban J connectivity index is 1.85. The lowest BCUT2D eigenvalue weighted by Gasteiger charge is -2.25. The molecule has 7 nitrogen and oxygen atoms in total. The zero-order valence-corrected chi connectivity index (χ0v) is 13.5. The van der Waals surface area contributed by atoms with Crippen molar-refractivity contribution in [2.75, 3.05) is 23.3 Å². The fourth-order valence-electron chi connectivity index (χ4n) is 3.40.